The van der Waals surface area contributed by atoms with Crippen molar-refractivity contribution in [3.05, 3.63) is 0 Å². The van der Waals surface area contributed by atoms with Crippen LogP contribution in [-0.4, -0.2) is 35.3 Å². The Balaban J connectivity index is 1.76. The standard InChI is InChI=1S/C16H26N2O2/c1-9(2)14-15(19)17-10(3)16(20)18(14)8-13-7-11-4-5-12(13)6-11/h9-14H,4-8H2,1-3H3,(H,17,19). The predicted molar refractivity (Wildman–Crippen MR) is 76.9 cm³/mol. The Morgan fingerprint density at radius 2 is 2.00 bits per heavy atom. The minimum absolute atomic E-state index is 0.0234. The molecule has 2 saturated carbocycles. The van der Waals surface area contributed by atoms with E-state index in [1.165, 1.54) is 25.7 Å². The Kier molecular flexibility index (Phi) is 3.51. The number of fused-ring (bicyclic) bond motifs is 2. The van der Waals surface area contributed by atoms with Crippen LogP contribution in [0.1, 0.15) is 46.5 Å². The molecule has 3 rings (SSSR count). The lowest BCUT2D eigenvalue weighted by Gasteiger charge is -2.42. The highest BCUT2D eigenvalue weighted by Gasteiger charge is 2.45. The molecule has 3 fully saturated rings. The van der Waals surface area contributed by atoms with Crippen LogP contribution in [0.4, 0.5) is 0 Å². The van der Waals surface area contributed by atoms with E-state index in [-0.39, 0.29) is 29.8 Å². The first-order chi connectivity index (χ1) is 9.47. The van der Waals surface area contributed by atoms with Gasteiger partial charge in [-0.25, -0.2) is 0 Å². The number of hydrogen-bond donors (Lipinski definition) is 1. The molecule has 0 radical (unpaired) electrons. The van der Waals surface area contributed by atoms with Gasteiger partial charge in [0.2, 0.25) is 11.8 Å². The van der Waals surface area contributed by atoms with E-state index in [1.807, 2.05) is 18.7 Å². The van der Waals surface area contributed by atoms with E-state index in [0.29, 0.717) is 5.92 Å². The Morgan fingerprint density at radius 3 is 2.55 bits per heavy atom. The maximum atomic E-state index is 12.5. The van der Waals surface area contributed by atoms with E-state index in [1.54, 1.807) is 6.92 Å². The van der Waals surface area contributed by atoms with Crippen LogP contribution in [0.3, 0.4) is 0 Å². The summed E-state index contributed by atoms with van der Waals surface area (Å²) in [5.41, 5.74) is 0. The molecule has 2 bridgehead atoms. The number of carbonyl (C=O) groups excluding carboxylic acids is 2. The fraction of sp³-hybridized carbons (Fsp3) is 0.875. The summed E-state index contributed by atoms with van der Waals surface area (Å²) in [6.07, 6.45) is 5.31. The van der Waals surface area contributed by atoms with Crippen LogP contribution in [0.2, 0.25) is 0 Å². The van der Waals surface area contributed by atoms with Crippen LogP contribution in [0.25, 0.3) is 0 Å². The summed E-state index contributed by atoms with van der Waals surface area (Å²) in [5.74, 6) is 2.60. The van der Waals surface area contributed by atoms with Crippen LogP contribution in [0.15, 0.2) is 0 Å². The molecule has 1 heterocycles. The summed E-state index contributed by atoms with van der Waals surface area (Å²) < 4.78 is 0. The molecule has 1 saturated heterocycles. The number of nitrogens with zero attached hydrogens (tertiary/aromatic N) is 1. The zero-order chi connectivity index (χ0) is 14.4. The first kappa shape index (κ1) is 13.9. The monoisotopic (exact) mass is 278 g/mol. The molecule has 0 aromatic rings. The third-order valence-electron chi connectivity index (χ3n) is 5.56. The molecule has 20 heavy (non-hydrogen) atoms. The van der Waals surface area contributed by atoms with Gasteiger partial charge in [-0.2, -0.15) is 0 Å². The number of rotatable bonds is 3. The quantitative estimate of drug-likeness (QED) is 0.855. The fourth-order valence-corrected chi connectivity index (χ4v) is 4.61. The van der Waals surface area contributed by atoms with Gasteiger partial charge in [-0.05, 0) is 49.9 Å². The van der Waals surface area contributed by atoms with Gasteiger partial charge in [0.05, 0.1) is 0 Å². The maximum Gasteiger partial charge on any atom is 0.245 e. The molecule has 2 amide bonds. The Morgan fingerprint density at radius 1 is 1.25 bits per heavy atom. The lowest BCUT2D eigenvalue weighted by molar-refractivity contribution is -0.151. The van der Waals surface area contributed by atoms with Gasteiger partial charge in [0.1, 0.15) is 12.1 Å². The predicted octanol–water partition coefficient (Wildman–Crippen LogP) is 1.79. The van der Waals surface area contributed by atoms with E-state index in [0.717, 1.165) is 18.4 Å². The molecule has 5 atom stereocenters. The normalized spacial score (nSPS) is 40.6. The summed E-state index contributed by atoms with van der Waals surface area (Å²) in [5, 5.41) is 2.82. The molecule has 4 heteroatoms. The summed E-state index contributed by atoms with van der Waals surface area (Å²) in [6.45, 7) is 6.65. The highest BCUT2D eigenvalue weighted by molar-refractivity contribution is 5.96. The average molecular weight is 278 g/mol. The lowest BCUT2D eigenvalue weighted by Crippen LogP contribution is -2.64. The Hall–Kier alpha value is -1.06. The Bertz CT molecular complexity index is 421. The second kappa shape index (κ2) is 5.05. The topological polar surface area (TPSA) is 49.4 Å². The molecule has 5 unspecified atom stereocenters. The van der Waals surface area contributed by atoms with Gasteiger partial charge >= 0.3 is 0 Å². The highest BCUT2D eigenvalue weighted by atomic mass is 16.2. The van der Waals surface area contributed by atoms with Gasteiger partial charge in [-0.3, -0.25) is 9.59 Å². The average Bonchev–Trinajstić information content (AvgIpc) is 2.97. The first-order valence-corrected chi connectivity index (χ1v) is 8.08. The summed E-state index contributed by atoms with van der Waals surface area (Å²) in [7, 11) is 0. The largest absolute Gasteiger partial charge is 0.343 e. The van der Waals surface area contributed by atoms with Crippen molar-refractivity contribution in [2.75, 3.05) is 6.54 Å². The third-order valence-corrected chi connectivity index (χ3v) is 5.56. The molecule has 0 spiro atoms. The van der Waals surface area contributed by atoms with E-state index in [9.17, 15) is 9.59 Å². The molecular formula is C16H26N2O2. The number of nitrogens with one attached hydrogen (secondary N) is 1. The van der Waals surface area contributed by atoms with E-state index >= 15 is 0 Å². The number of hydrogen-bond acceptors (Lipinski definition) is 2. The number of amides is 2. The van der Waals surface area contributed by atoms with Crippen molar-refractivity contribution in [2.24, 2.45) is 23.7 Å². The van der Waals surface area contributed by atoms with Crippen LogP contribution >= 0.6 is 0 Å². The van der Waals surface area contributed by atoms with Crippen LogP contribution in [-0.2, 0) is 9.59 Å². The molecule has 0 aromatic carbocycles. The van der Waals surface area contributed by atoms with Crippen molar-refractivity contribution in [1.29, 1.82) is 0 Å². The Labute approximate surface area is 121 Å². The highest BCUT2D eigenvalue weighted by Crippen LogP contribution is 2.48. The molecule has 3 aliphatic rings. The van der Waals surface area contributed by atoms with Crippen molar-refractivity contribution in [3.63, 3.8) is 0 Å². The van der Waals surface area contributed by atoms with Crippen LogP contribution in [0, 0.1) is 23.7 Å². The zero-order valence-electron chi connectivity index (χ0n) is 12.8. The third kappa shape index (κ3) is 2.23. The smallest absolute Gasteiger partial charge is 0.245 e. The minimum Gasteiger partial charge on any atom is -0.343 e. The van der Waals surface area contributed by atoms with Gasteiger partial charge in [-0.1, -0.05) is 20.3 Å². The van der Waals surface area contributed by atoms with Gasteiger partial charge in [0, 0.05) is 6.54 Å². The van der Waals surface area contributed by atoms with Crippen molar-refractivity contribution in [1.82, 2.24) is 10.2 Å². The second-order valence-electron chi connectivity index (χ2n) is 7.34. The van der Waals surface area contributed by atoms with Crippen LogP contribution in [0.5, 0.6) is 0 Å². The lowest BCUT2D eigenvalue weighted by atomic mass is 9.86. The molecule has 112 valence electrons. The van der Waals surface area contributed by atoms with Crippen molar-refractivity contribution in [2.45, 2.75) is 58.5 Å². The van der Waals surface area contributed by atoms with Crippen molar-refractivity contribution in [3.8, 4) is 0 Å². The fourth-order valence-electron chi connectivity index (χ4n) is 4.61. The second-order valence-corrected chi connectivity index (χ2v) is 7.34. The summed E-state index contributed by atoms with van der Waals surface area (Å²) in [6, 6.07) is -0.645. The minimum atomic E-state index is -0.365. The zero-order valence-corrected chi connectivity index (χ0v) is 12.8. The van der Waals surface area contributed by atoms with Crippen LogP contribution < -0.4 is 5.32 Å². The van der Waals surface area contributed by atoms with Crippen molar-refractivity contribution >= 4 is 11.8 Å². The molecule has 1 N–H and O–H groups in total. The van der Waals surface area contributed by atoms with Gasteiger partial charge in [-0.15, -0.1) is 0 Å². The van der Waals surface area contributed by atoms with E-state index in [2.05, 4.69) is 5.32 Å². The SMILES string of the molecule is CC1NC(=O)C(C(C)C)N(CC2CC3CCC2C3)C1=O. The van der Waals surface area contributed by atoms with Crippen molar-refractivity contribution < 1.29 is 9.59 Å². The van der Waals surface area contributed by atoms with Gasteiger partial charge < -0.3 is 10.2 Å². The van der Waals surface area contributed by atoms with Gasteiger partial charge in [0.25, 0.3) is 0 Å². The number of carbonyl (C=O) groups is 2. The summed E-state index contributed by atoms with van der Waals surface area (Å²) in [4.78, 5) is 26.6. The maximum absolute atomic E-state index is 12.5. The van der Waals surface area contributed by atoms with Gasteiger partial charge in [0.15, 0.2) is 0 Å². The van der Waals surface area contributed by atoms with E-state index < -0.39 is 0 Å². The molecular weight excluding hydrogens is 252 g/mol. The summed E-state index contributed by atoms with van der Waals surface area (Å²) >= 11 is 0. The van der Waals surface area contributed by atoms with E-state index in [4.69, 9.17) is 0 Å². The molecule has 2 aliphatic carbocycles. The number of piperazine rings is 1. The molecule has 4 nitrogen and oxygen atoms in total. The molecule has 0 aromatic heterocycles. The molecule has 1 aliphatic heterocycles. The first-order valence-electron chi connectivity index (χ1n) is 8.08.